The Balaban J connectivity index is 3.17. The van der Waals surface area contributed by atoms with E-state index in [1.54, 1.807) is 0 Å². The first-order valence-electron chi connectivity index (χ1n) is 4.44. The van der Waals surface area contributed by atoms with Crippen LogP contribution >= 0.6 is 0 Å². The first-order valence-corrected chi connectivity index (χ1v) is 4.44. The summed E-state index contributed by atoms with van der Waals surface area (Å²) in [5.74, 6) is -0.872. The average Bonchev–Trinajstić information content (AvgIpc) is 2.05. The predicted octanol–water partition coefficient (Wildman–Crippen LogP) is 3.56. The Morgan fingerprint density at radius 3 is 2.07 bits per heavy atom. The van der Waals surface area contributed by atoms with E-state index in [-0.39, 0.29) is 4.90 Å². The maximum absolute atomic E-state index is 13.2. The molecule has 0 atom stereocenters. The average molecular weight is 221 g/mol. The zero-order valence-corrected chi connectivity index (χ0v) is 8.35. The number of hydrogen-bond acceptors (Lipinski definition) is 1. The first-order chi connectivity index (χ1) is 6.84. The van der Waals surface area contributed by atoms with Crippen molar-refractivity contribution in [3.8, 4) is 0 Å². The minimum absolute atomic E-state index is 0.0995. The fourth-order valence-corrected chi connectivity index (χ4v) is 1.35. The molecule has 1 aromatic rings. The topological polar surface area (TPSA) is 3.24 Å². The second kappa shape index (κ2) is 4.08. The van der Waals surface area contributed by atoms with Crippen molar-refractivity contribution in [1.29, 1.82) is 0 Å². The maximum Gasteiger partial charge on any atom is 0.485 e. The molecular weight excluding hydrogens is 210 g/mol. The van der Waals surface area contributed by atoms with E-state index in [0.717, 1.165) is 12.1 Å². The Morgan fingerprint density at radius 2 is 1.67 bits per heavy atom. The van der Waals surface area contributed by atoms with Crippen LogP contribution in [-0.2, 0) is 0 Å². The quantitative estimate of drug-likeness (QED) is 0.545. The molecule has 0 aliphatic carbocycles. The summed E-state index contributed by atoms with van der Waals surface area (Å²) in [6, 6.07) is 4.01. The van der Waals surface area contributed by atoms with E-state index in [4.69, 9.17) is 0 Å². The van der Waals surface area contributed by atoms with Crippen LogP contribution in [0.15, 0.2) is 24.3 Å². The number of anilines is 1. The third-order valence-electron chi connectivity index (χ3n) is 1.90. The highest BCUT2D eigenvalue weighted by Gasteiger charge is 2.40. The summed E-state index contributed by atoms with van der Waals surface area (Å²) >= 11 is 0. The molecule has 0 spiro atoms. The molecule has 0 heterocycles. The molecule has 1 rings (SSSR count). The molecule has 0 fully saturated rings. The third-order valence-corrected chi connectivity index (χ3v) is 1.90. The number of alkyl halides is 3. The van der Waals surface area contributed by atoms with Crippen molar-refractivity contribution < 1.29 is 17.6 Å². The number of benzene rings is 1. The summed E-state index contributed by atoms with van der Waals surface area (Å²) in [5, 5.41) is 0. The van der Waals surface area contributed by atoms with Crippen LogP contribution in [0.1, 0.15) is 13.8 Å². The molecule has 15 heavy (non-hydrogen) atoms. The molecule has 1 aromatic carbocycles. The fourth-order valence-electron chi connectivity index (χ4n) is 1.35. The van der Waals surface area contributed by atoms with Crippen LogP contribution < -0.4 is 4.90 Å². The lowest BCUT2D eigenvalue weighted by atomic mass is 10.2. The lowest BCUT2D eigenvalue weighted by molar-refractivity contribution is -0.133. The SMILES string of the molecule is CC(C)N(c1ccccc1F)C(F)(F)F. The van der Waals surface area contributed by atoms with Crippen molar-refractivity contribution in [2.24, 2.45) is 0 Å². The normalized spacial score (nSPS) is 11.9. The van der Waals surface area contributed by atoms with E-state index < -0.39 is 23.8 Å². The largest absolute Gasteiger partial charge is 0.485 e. The maximum atomic E-state index is 13.2. The van der Waals surface area contributed by atoms with Gasteiger partial charge in [0.05, 0.1) is 5.69 Å². The second-order valence-electron chi connectivity index (χ2n) is 3.38. The van der Waals surface area contributed by atoms with Gasteiger partial charge in [-0.2, -0.15) is 13.2 Å². The Morgan fingerprint density at radius 1 is 1.13 bits per heavy atom. The van der Waals surface area contributed by atoms with Crippen LogP contribution in [0, 0.1) is 5.82 Å². The zero-order valence-electron chi connectivity index (χ0n) is 8.35. The van der Waals surface area contributed by atoms with Gasteiger partial charge in [-0.1, -0.05) is 12.1 Å². The molecule has 0 unspecified atom stereocenters. The van der Waals surface area contributed by atoms with E-state index >= 15 is 0 Å². The van der Waals surface area contributed by atoms with Gasteiger partial charge in [-0.25, -0.2) is 4.39 Å². The molecule has 0 amide bonds. The van der Waals surface area contributed by atoms with Gasteiger partial charge >= 0.3 is 6.30 Å². The lowest BCUT2D eigenvalue weighted by Crippen LogP contribution is -2.43. The monoisotopic (exact) mass is 221 g/mol. The Labute approximate surface area is 85.3 Å². The van der Waals surface area contributed by atoms with Gasteiger partial charge in [0.1, 0.15) is 5.82 Å². The van der Waals surface area contributed by atoms with Crippen LogP contribution in [0.25, 0.3) is 0 Å². The van der Waals surface area contributed by atoms with E-state index in [2.05, 4.69) is 0 Å². The minimum atomic E-state index is -4.57. The van der Waals surface area contributed by atoms with Crippen molar-refractivity contribution in [2.45, 2.75) is 26.2 Å². The van der Waals surface area contributed by atoms with Gasteiger partial charge in [0.15, 0.2) is 0 Å². The summed E-state index contributed by atoms with van der Waals surface area (Å²) in [7, 11) is 0. The zero-order chi connectivity index (χ0) is 11.6. The first kappa shape index (κ1) is 11.8. The van der Waals surface area contributed by atoms with Gasteiger partial charge in [0.25, 0.3) is 0 Å². The molecule has 0 aromatic heterocycles. The molecule has 0 saturated heterocycles. The van der Waals surface area contributed by atoms with Gasteiger partial charge in [-0.3, -0.25) is 4.90 Å². The van der Waals surface area contributed by atoms with E-state index in [1.807, 2.05) is 0 Å². The van der Waals surface area contributed by atoms with Crippen molar-refractivity contribution in [3.05, 3.63) is 30.1 Å². The number of halogens is 4. The third kappa shape index (κ3) is 2.61. The van der Waals surface area contributed by atoms with Crippen molar-refractivity contribution in [3.63, 3.8) is 0 Å². The van der Waals surface area contributed by atoms with E-state index in [0.29, 0.717) is 0 Å². The second-order valence-corrected chi connectivity index (χ2v) is 3.38. The molecule has 84 valence electrons. The Kier molecular flexibility index (Phi) is 3.21. The summed E-state index contributed by atoms with van der Waals surface area (Å²) in [4.78, 5) is 0.0995. The van der Waals surface area contributed by atoms with Crippen LogP contribution in [0.4, 0.5) is 23.2 Å². The molecule has 1 nitrogen and oxygen atoms in total. The summed E-state index contributed by atoms with van der Waals surface area (Å²) in [6.07, 6.45) is -4.57. The molecule has 0 radical (unpaired) electrons. The lowest BCUT2D eigenvalue weighted by Gasteiger charge is -2.30. The van der Waals surface area contributed by atoms with Gasteiger partial charge in [-0.15, -0.1) is 0 Å². The number of nitrogens with zero attached hydrogens (tertiary/aromatic N) is 1. The van der Waals surface area contributed by atoms with Crippen LogP contribution in [0.3, 0.4) is 0 Å². The summed E-state index contributed by atoms with van der Waals surface area (Å²) in [6.45, 7) is 2.72. The molecule has 0 N–H and O–H groups in total. The molecule has 0 aliphatic rings. The highest BCUT2D eigenvalue weighted by atomic mass is 19.4. The highest BCUT2D eigenvalue weighted by molar-refractivity contribution is 5.49. The predicted molar refractivity (Wildman–Crippen MR) is 50.1 cm³/mol. The van der Waals surface area contributed by atoms with Gasteiger partial charge in [0.2, 0.25) is 0 Å². The van der Waals surface area contributed by atoms with E-state index in [9.17, 15) is 17.6 Å². The van der Waals surface area contributed by atoms with Gasteiger partial charge in [-0.05, 0) is 26.0 Å². The van der Waals surface area contributed by atoms with Gasteiger partial charge < -0.3 is 0 Å². The van der Waals surface area contributed by atoms with Crippen molar-refractivity contribution >= 4 is 5.69 Å². The summed E-state index contributed by atoms with van der Waals surface area (Å²) in [5.41, 5.74) is -0.444. The molecule has 0 saturated carbocycles. The smallest absolute Gasteiger partial charge is 0.279 e. The molecule has 0 bridgehead atoms. The Hall–Kier alpha value is -1.26. The number of rotatable bonds is 2. The number of para-hydroxylation sites is 1. The minimum Gasteiger partial charge on any atom is -0.279 e. The molecule has 5 heteroatoms. The summed E-state index contributed by atoms with van der Waals surface area (Å²) < 4.78 is 51.0. The Bertz CT molecular complexity index is 332. The number of hydrogen-bond donors (Lipinski definition) is 0. The van der Waals surface area contributed by atoms with Crippen molar-refractivity contribution in [1.82, 2.24) is 0 Å². The fraction of sp³-hybridized carbons (Fsp3) is 0.400. The van der Waals surface area contributed by atoms with Crippen LogP contribution in [0.5, 0.6) is 0 Å². The van der Waals surface area contributed by atoms with Crippen LogP contribution in [-0.4, -0.2) is 12.3 Å². The van der Waals surface area contributed by atoms with Crippen LogP contribution in [0.2, 0.25) is 0 Å². The molecule has 0 aliphatic heterocycles. The molecular formula is C10H11F4N. The standard InChI is InChI=1S/C10H11F4N/c1-7(2)15(10(12,13)14)9-6-4-3-5-8(9)11/h3-7H,1-2H3. The van der Waals surface area contributed by atoms with Crippen molar-refractivity contribution in [2.75, 3.05) is 4.90 Å². The highest BCUT2D eigenvalue weighted by Crippen LogP contribution is 2.32. The van der Waals surface area contributed by atoms with E-state index in [1.165, 1.54) is 26.0 Å². The van der Waals surface area contributed by atoms with Gasteiger partial charge in [0, 0.05) is 6.04 Å².